The fraction of sp³-hybridized carbons (Fsp3) is 0.300. The Balaban J connectivity index is 1.77. The predicted octanol–water partition coefficient (Wildman–Crippen LogP) is 4.37. The van der Waals surface area contributed by atoms with Crippen molar-refractivity contribution in [1.82, 2.24) is 4.90 Å². The molecule has 1 aliphatic rings. The number of hydrogen-bond donors (Lipinski definition) is 1. The van der Waals surface area contributed by atoms with Crippen LogP contribution < -0.4 is 5.32 Å². The van der Waals surface area contributed by atoms with E-state index in [1.54, 1.807) is 17.0 Å². The molecule has 0 unspecified atom stereocenters. The van der Waals surface area contributed by atoms with Gasteiger partial charge in [0.25, 0.3) is 11.8 Å². The lowest BCUT2D eigenvalue weighted by molar-refractivity contribution is 0.0761. The van der Waals surface area contributed by atoms with Crippen LogP contribution in [-0.2, 0) is 0 Å². The second-order valence-electron chi connectivity index (χ2n) is 6.46. The van der Waals surface area contributed by atoms with Gasteiger partial charge in [-0.25, -0.2) is 13.2 Å². The van der Waals surface area contributed by atoms with E-state index in [-0.39, 0.29) is 11.5 Å². The zero-order valence-electron chi connectivity index (χ0n) is 14.6. The quantitative estimate of drug-likeness (QED) is 0.809. The van der Waals surface area contributed by atoms with Gasteiger partial charge in [0, 0.05) is 24.2 Å². The summed E-state index contributed by atoms with van der Waals surface area (Å²) in [6.07, 6.45) is 4.07. The van der Waals surface area contributed by atoms with Crippen molar-refractivity contribution in [1.29, 1.82) is 0 Å². The highest BCUT2D eigenvalue weighted by Gasteiger charge is 2.20. The van der Waals surface area contributed by atoms with Crippen molar-refractivity contribution in [2.24, 2.45) is 0 Å². The minimum absolute atomic E-state index is 0.125. The summed E-state index contributed by atoms with van der Waals surface area (Å²) >= 11 is 0. The first kappa shape index (κ1) is 18.9. The first-order valence-corrected chi connectivity index (χ1v) is 8.81. The molecule has 0 atom stereocenters. The van der Waals surface area contributed by atoms with Crippen molar-refractivity contribution in [2.45, 2.75) is 25.7 Å². The zero-order valence-corrected chi connectivity index (χ0v) is 14.6. The number of rotatable bonds is 3. The number of anilines is 1. The topological polar surface area (TPSA) is 49.4 Å². The summed E-state index contributed by atoms with van der Waals surface area (Å²) in [6, 6.07) is 7.72. The van der Waals surface area contributed by atoms with Gasteiger partial charge in [0.05, 0.1) is 5.69 Å². The number of halogens is 3. The summed E-state index contributed by atoms with van der Waals surface area (Å²) in [4.78, 5) is 26.8. The van der Waals surface area contributed by atoms with Crippen molar-refractivity contribution < 1.29 is 22.8 Å². The van der Waals surface area contributed by atoms with Crippen LogP contribution in [0.1, 0.15) is 46.4 Å². The van der Waals surface area contributed by atoms with Crippen LogP contribution in [0.3, 0.4) is 0 Å². The zero-order chi connectivity index (χ0) is 19.4. The van der Waals surface area contributed by atoms with E-state index in [9.17, 15) is 22.8 Å². The lowest BCUT2D eigenvalue weighted by Gasteiger charge is -2.20. The van der Waals surface area contributed by atoms with Crippen molar-refractivity contribution in [3.63, 3.8) is 0 Å². The number of amides is 2. The van der Waals surface area contributed by atoms with E-state index in [2.05, 4.69) is 5.32 Å². The van der Waals surface area contributed by atoms with Crippen molar-refractivity contribution >= 4 is 17.5 Å². The molecule has 7 heteroatoms. The highest BCUT2D eigenvalue weighted by atomic mass is 19.2. The van der Waals surface area contributed by atoms with Crippen LogP contribution in [0.15, 0.2) is 36.4 Å². The maximum atomic E-state index is 13.7. The summed E-state index contributed by atoms with van der Waals surface area (Å²) in [5.41, 5.74) is 0.0123. The lowest BCUT2D eigenvalue weighted by Crippen LogP contribution is -2.32. The molecule has 1 N–H and O–H groups in total. The molecule has 2 amide bonds. The Bertz CT molecular complexity index is 862. The number of benzene rings is 2. The van der Waals surface area contributed by atoms with Gasteiger partial charge in [-0.1, -0.05) is 18.9 Å². The Hall–Kier alpha value is -2.83. The van der Waals surface area contributed by atoms with E-state index in [1.165, 1.54) is 12.1 Å². The van der Waals surface area contributed by atoms with Gasteiger partial charge >= 0.3 is 0 Å². The Morgan fingerprint density at radius 2 is 1.52 bits per heavy atom. The Morgan fingerprint density at radius 3 is 2.22 bits per heavy atom. The minimum atomic E-state index is -1.65. The molecule has 1 aliphatic heterocycles. The second-order valence-corrected chi connectivity index (χ2v) is 6.46. The van der Waals surface area contributed by atoms with E-state index >= 15 is 0 Å². The Labute approximate surface area is 155 Å². The Morgan fingerprint density at radius 1 is 0.852 bits per heavy atom. The Kier molecular flexibility index (Phi) is 5.78. The second kappa shape index (κ2) is 8.24. The van der Waals surface area contributed by atoms with E-state index in [0.717, 1.165) is 37.8 Å². The summed E-state index contributed by atoms with van der Waals surface area (Å²) in [5.74, 6) is -5.34. The van der Waals surface area contributed by atoms with Gasteiger partial charge in [0.1, 0.15) is 0 Å². The van der Waals surface area contributed by atoms with Gasteiger partial charge < -0.3 is 10.2 Å². The van der Waals surface area contributed by atoms with Crippen LogP contribution in [0.4, 0.5) is 18.9 Å². The SMILES string of the molecule is O=C(Nc1ccc(F)c(F)c1F)c1cccc(C(=O)N2CCCCCC2)c1. The standard InChI is InChI=1S/C20H19F3N2O2/c21-15-8-9-16(18(23)17(15)22)24-19(26)13-6-5-7-14(12-13)20(27)25-10-3-1-2-4-11-25/h5-9,12H,1-4,10-11H2,(H,24,26). The third-order valence-corrected chi connectivity index (χ3v) is 4.55. The summed E-state index contributed by atoms with van der Waals surface area (Å²) in [6.45, 7) is 1.35. The fourth-order valence-electron chi connectivity index (χ4n) is 3.07. The highest BCUT2D eigenvalue weighted by Crippen LogP contribution is 2.21. The molecule has 1 heterocycles. The molecule has 0 aliphatic carbocycles. The first-order chi connectivity index (χ1) is 13.0. The van der Waals surface area contributed by atoms with Crippen LogP contribution >= 0.6 is 0 Å². The van der Waals surface area contributed by atoms with Crippen LogP contribution in [0.2, 0.25) is 0 Å². The van der Waals surface area contributed by atoms with E-state index in [1.807, 2.05) is 0 Å². The monoisotopic (exact) mass is 376 g/mol. The molecule has 4 nitrogen and oxygen atoms in total. The lowest BCUT2D eigenvalue weighted by atomic mass is 10.1. The largest absolute Gasteiger partial charge is 0.339 e. The van der Waals surface area contributed by atoms with Gasteiger partial charge in [-0.15, -0.1) is 0 Å². The molecule has 3 rings (SSSR count). The molecule has 27 heavy (non-hydrogen) atoms. The molecule has 2 aromatic carbocycles. The number of hydrogen-bond acceptors (Lipinski definition) is 2. The van der Waals surface area contributed by atoms with Crippen LogP contribution in [0.5, 0.6) is 0 Å². The average Bonchev–Trinajstić information content (AvgIpc) is 2.97. The fourth-order valence-corrected chi connectivity index (χ4v) is 3.07. The van der Waals surface area contributed by atoms with E-state index in [0.29, 0.717) is 18.7 Å². The molecule has 0 radical (unpaired) electrons. The molecule has 2 aromatic rings. The van der Waals surface area contributed by atoms with Gasteiger partial charge in [0.15, 0.2) is 17.5 Å². The number of nitrogens with zero attached hydrogens (tertiary/aromatic N) is 1. The van der Waals surface area contributed by atoms with E-state index < -0.39 is 29.0 Å². The third kappa shape index (κ3) is 4.30. The summed E-state index contributed by atoms with van der Waals surface area (Å²) in [5, 5.41) is 2.20. The molecule has 0 saturated carbocycles. The van der Waals surface area contributed by atoms with Crippen LogP contribution in [-0.4, -0.2) is 29.8 Å². The molecule has 1 fully saturated rings. The van der Waals surface area contributed by atoms with Crippen LogP contribution in [0, 0.1) is 17.5 Å². The van der Waals surface area contributed by atoms with E-state index in [4.69, 9.17) is 0 Å². The maximum Gasteiger partial charge on any atom is 0.255 e. The van der Waals surface area contributed by atoms with Crippen molar-refractivity contribution in [3.8, 4) is 0 Å². The number of nitrogens with one attached hydrogen (secondary N) is 1. The van der Waals surface area contributed by atoms with Gasteiger partial charge in [-0.3, -0.25) is 9.59 Å². The van der Waals surface area contributed by atoms with Crippen molar-refractivity contribution in [3.05, 3.63) is 65.0 Å². The van der Waals surface area contributed by atoms with Crippen molar-refractivity contribution in [2.75, 3.05) is 18.4 Å². The third-order valence-electron chi connectivity index (χ3n) is 4.55. The molecular weight excluding hydrogens is 357 g/mol. The predicted molar refractivity (Wildman–Crippen MR) is 95.1 cm³/mol. The smallest absolute Gasteiger partial charge is 0.255 e. The summed E-state index contributed by atoms with van der Waals surface area (Å²) < 4.78 is 40.0. The first-order valence-electron chi connectivity index (χ1n) is 8.81. The van der Waals surface area contributed by atoms with Gasteiger partial charge in [-0.2, -0.15) is 0 Å². The number of carbonyl (C=O) groups is 2. The highest BCUT2D eigenvalue weighted by molar-refractivity contribution is 6.06. The normalized spacial score (nSPS) is 14.6. The molecule has 0 bridgehead atoms. The van der Waals surface area contributed by atoms with Gasteiger partial charge in [-0.05, 0) is 43.2 Å². The molecule has 0 spiro atoms. The summed E-state index contributed by atoms with van der Waals surface area (Å²) in [7, 11) is 0. The maximum absolute atomic E-state index is 13.7. The molecule has 0 aromatic heterocycles. The number of carbonyl (C=O) groups excluding carboxylic acids is 2. The molecule has 1 saturated heterocycles. The molecule has 142 valence electrons. The van der Waals surface area contributed by atoms with Crippen LogP contribution in [0.25, 0.3) is 0 Å². The van der Waals surface area contributed by atoms with Gasteiger partial charge in [0.2, 0.25) is 0 Å². The minimum Gasteiger partial charge on any atom is -0.339 e. The molecular formula is C20H19F3N2O2. The average molecular weight is 376 g/mol. The number of likely N-dealkylation sites (tertiary alicyclic amines) is 1.